The number of fused-ring (bicyclic) bond motifs is 1. The van der Waals surface area contributed by atoms with Crippen molar-refractivity contribution < 1.29 is 27.4 Å². The normalized spacial score (nSPS) is 11.6. The number of aromatic amines is 1. The van der Waals surface area contributed by atoms with E-state index in [1.54, 1.807) is 0 Å². The molecular formula is C12H10F3NO3. The van der Waals surface area contributed by atoms with Crippen molar-refractivity contribution in [2.75, 3.05) is 14.2 Å². The fourth-order valence-electron chi connectivity index (χ4n) is 1.89. The first-order valence-corrected chi connectivity index (χ1v) is 5.24. The van der Waals surface area contributed by atoms with E-state index in [1.165, 1.54) is 25.3 Å². The Labute approximate surface area is 106 Å². The maximum Gasteiger partial charge on any atom is 0.432 e. The molecule has 1 aromatic heterocycles. The van der Waals surface area contributed by atoms with Crippen molar-refractivity contribution in [1.82, 2.24) is 4.98 Å². The van der Waals surface area contributed by atoms with Crippen LogP contribution in [0.25, 0.3) is 10.9 Å². The third kappa shape index (κ3) is 2.11. The second-order valence-corrected chi connectivity index (χ2v) is 3.75. The molecule has 0 radical (unpaired) electrons. The Morgan fingerprint density at radius 1 is 1.26 bits per heavy atom. The Kier molecular flexibility index (Phi) is 3.13. The fraction of sp³-hybridized carbons (Fsp3) is 0.250. The molecule has 2 rings (SSSR count). The lowest BCUT2D eigenvalue weighted by Crippen LogP contribution is -2.13. The minimum absolute atomic E-state index is 0.109. The van der Waals surface area contributed by atoms with Crippen LogP contribution in [-0.4, -0.2) is 25.2 Å². The molecule has 0 amide bonds. The van der Waals surface area contributed by atoms with E-state index in [4.69, 9.17) is 4.74 Å². The molecule has 0 unspecified atom stereocenters. The van der Waals surface area contributed by atoms with Gasteiger partial charge < -0.3 is 14.5 Å². The van der Waals surface area contributed by atoms with Gasteiger partial charge in [0.1, 0.15) is 11.4 Å². The van der Waals surface area contributed by atoms with Gasteiger partial charge in [-0.2, -0.15) is 13.2 Å². The van der Waals surface area contributed by atoms with Crippen LogP contribution in [0, 0.1) is 0 Å². The SMILES string of the molecule is COC(=O)c1c(C(F)(F)F)[nH]c2c(OC)cccc12. The second kappa shape index (κ2) is 4.49. The van der Waals surface area contributed by atoms with E-state index in [9.17, 15) is 18.0 Å². The quantitative estimate of drug-likeness (QED) is 0.856. The van der Waals surface area contributed by atoms with E-state index in [0.29, 0.717) is 0 Å². The number of H-pyrrole nitrogens is 1. The summed E-state index contributed by atoms with van der Waals surface area (Å²) in [5.41, 5.74) is -1.57. The van der Waals surface area contributed by atoms with Crippen LogP contribution < -0.4 is 4.74 Å². The van der Waals surface area contributed by atoms with Crippen LogP contribution in [0.2, 0.25) is 0 Å². The largest absolute Gasteiger partial charge is 0.495 e. The van der Waals surface area contributed by atoms with Crippen molar-refractivity contribution in [3.8, 4) is 5.75 Å². The zero-order valence-corrected chi connectivity index (χ0v) is 10.1. The number of nitrogens with one attached hydrogen (secondary N) is 1. The maximum absolute atomic E-state index is 12.9. The average Bonchev–Trinajstić information content (AvgIpc) is 2.76. The Balaban J connectivity index is 2.84. The standard InChI is InChI=1S/C12H10F3NO3/c1-18-7-5-3-4-6-8(11(17)19-2)10(12(13,14)15)16-9(6)7/h3-5,16H,1-2H3. The molecule has 102 valence electrons. The number of halogens is 3. The van der Waals surface area contributed by atoms with E-state index < -0.39 is 23.4 Å². The van der Waals surface area contributed by atoms with E-state index in [-0.39, 0.29) is 16.7 Å². The summed E-state index contributed by atoms with van der Waals surface area (Å²) in [4.78, 5) is 13.8. The number of carbonyl (C=O) groups is 1. The number of rotatable bonds is 2. The lowest BCUT2D eigenvalue weighted by Gasteiger charge is -2.06. The molecule has 2 aromatic rings. The first-order valence-electron chi connectivity index (χ1n) is 5.24. The summed E-state index contributed by atoms with van der Waals surface area (Å²) >= 11 is 0. The molecule has 7 heteroatoms. The van der Waals surface area contributed by atoms with Crippen LogP contribution in [-0.2, 0) is 10.9 Å². The molecule has 0 saturated carbocycles. The van der Waals surface area contributed by atoms with Crippen molar-refractivity contribution >= 4 is 16.9 Å². The zero-order chi connectivity index (χ0) is 14.2. The van der Waals surface area contributed by atoms with Gasteiger partial charge in [-0.3, -0.25) is 0 Å². The van der Waals surface area contributed by atoms with Crippen LogP contribution in [0.1, 0.15) is 16.1 Å². The van der Waals surface area contributed by atoms with Gasteiger partial charge in [0, 0.05) is 5.39 Å². The number of hydrogen-bond acceptors (Lipinski definition) is 3. The topological polar surface area (TPSA) is 51.3 Å². The summed E-state index contributed by atoms with van der Waals surface area (Å²) in [6.45, 7) is 0. The van der Waals surface area contributed by atoms with Gasteiger partial charge in [-0.15, -0.1) is 0 Å². The summed E-state index contributed by atoms with van der Waals surface area (Å²) < 4.78 is 48.2. The predicted molar refractivity (Wildman–Crippen MR) is 61.2 cm³/mol. The molecule has 0 spiro atoms. The summed E-state index contributed by atoms with van der Waals surface area (Å²) in [5.74, 6) is -0.829. The van der Waals surface area contributed by atoms with E-state index >= 15 is 0 Å². The average molecular weight is 273 g/mol. The Bertz CT molecular complexity index is 631. The summed E-state index contributed by atoms with van der Waals surface area (Å²) in [5, 5.41) is 0.110. The summed E-state index contributed by atoms with van der Waals surface area (Å²) in [6, 6.07) is 4.40. The van der Waals surface area contributed by atoms with Crippen molar-refractivity contribution in [2.24, 2.45) is 0 Å². The van der Waals surface area contributed by atoms with Crippen molar-refractivity contribution in [3.05, 3.63) is 29.5 Å². The molecule has 1 N–H and O–H groups in total. The van der Waals surface area contributed by atoms with Crippen LogP contribution in [0.4, 0.5) is 13.2 Å². The molecule has 19 heavy (non-hydrogen) atoms. The number of para-hydroxylation sites is 1. The van der Waals surface area contributed by atoms with Gasteiger partial charge in [-0.25, -0.2) is 4.79 Å². The molecule has 4 nitrogen and oxygen atoms in total. The van der Waals surface area contributed by atoms with Gasteiger partial charge in [0.05, 0.1) is 25.3 Å². The predicted octanol–water partition coefficient (Wildman–Crippen LogP) is 2.98. The number of ether oxygens (including phenoxy) is 2. The zero-order valence-electron chi connectivity index (χ0n) is 10.1. The van der Waals surface area contributed by atoms with E-state index in [2.05, 4.69) is 9.72 Å². The lowest BCUT2D eigenvalue weighted by atomic mass is 10.1. The van der Waals surface area contributed by atoms with Gasteiger partial charge in [-0.05, 0) is 6.07 Å². The van der Waals surface area contributed by atoms with Crippen molar-refractivity contribution in [1.29, 1.82) is 0 Å². The smallest absolute Gasteiger partial charge is 0.432 e. The van der Waals surface area contributed by atoms with Crippen LogP contribution in [0.5, 0.6) is 5.75 Å². The molecule has 0 fully saturated rings. The van der Waals surface area contributed by atoms with Gasteiger partial charge >= 0.3 is 12.1 Å². The third-order valence-corrected chi connectivity index (χ3v) is 2.69. The highest BCUT2D eigenvalue weighted by molar-refractivity contribution is 6.07. The molecule has 0 atom stereocenters. The van der Waals surface area contributed by atoms with E-state index in [1.807, 2.05) is 0 Å². The van der Waals surface area contributed by atoms with Gasteiger partial charge in [0.2, 0.25) is 0 Å². The molecule has 0 bridgehead atoms. The van der Waals surface area contributed by atoms with Gasteiger partial charge in [0.15, 0.2) is 0 Å². The molecule has 0 aliphatic heterocycles. The second-order valence-electron chi connectivity index (χ2n) is 3.75. The Morgan fingerprint density at radius 2 is 1.95 bits per heavy atom. The van der Waals surface area contributed by atoms with Crippen molar-refractivity contribution in [3.63, 3.8) is 0 Å². The number of aromatic nitrogens is 1. The molecule has 0 aliphatic rings. The molecule has 1 aromatic carbocycles. The Morgan fingerprint density at radius 3 is 2.47 bits per heavy atom. The highest BCUT2D eigenvalue weighted by atomic mass is 19.4. The van der Waals surface area contributed by atoms with Crippen LogP contribution in [0.3, 0.4) is 0 Å². The van der Waals surface area contributed by atoms with Crippen LogP contribution >= 0.6 is 0 Å². The number of methoxy groups -OCH3 is 2. The monoisotopic (exact) mass is 273 g/mol. The number of hydrogen-bond donors (Lipinski definition) is 1. The minimum atomic E-state index is -4.69. The highest BCUT2D eigenvalue weighted by Crippen LogP contribution is 2.38. The molecule has 1 heterocycles. The van der Waals surface area contributed by atoms with E-state index in [0.717, 1.165) is 7.11 Å². The number of carbonyl (C=O) groups excluding carboxylic acids is 1. The first-order chi connectivity index (χ1) is 8.90. The number of benzene rings is 1. The highest BCUT2D eigenvalue weighted by Gasteiger charge is 2.39. The van der Waals surface area contributed by atoms with Gasteiger partial charge in [-0.1, -0.05) is 12.1 Å². The lowest BCUT2D eigenvalue weighted by molar-refractivity contribution is -0.141. The first kappa shape index (κ1) is 13.3. The Hall–Kier alpha value is -2.18. The fourth-order valence-corrected chi connectivity index (χ4v) is 1.89. The summed E-state index contributed by atoms with van der Waals surface area (Å²) in [6.07, 6.45) is -4.69. The van der Waals surface area contributed by atoms with Crippen LogP contribution in [0.15, 0.2) is 18.2 Å². The van der Waals surface area contributed by atoms with Gasteiger partial charge in [0.25, 0.3) is 0 Å². The number of esters is 1. The third-order valence-electron chi connectivity index (χ3n) is 2.69. The minimum Gasteiger partial charge on any atom is -0.495 e. The number of alkyl halides is 3. The molecule has 0 aliphatic carbocycles. The van der Waals surface area contributed by atoms with Crippen molar-refractivity contribution in [2.45, 2.75) is 6.18 Å². The molecule has 0 saturated heterocycles. The molecular weight excluding hydrogens is 263 g/mol. The summed E-state index contributed by atoms with van der Waals surface area (Å²) in [7, 11) is 2.36. The maximum atomic E-state index is 12.9.